The molecule has 0 radical (unpaired) electrons. The quantitative estimate of drug-likeness (QED) is 0.519. The van der Waals surface area contributed by atoms with Crippen LogP contribution in [-0.4, -0.2) is 36.8 Å². The number of aromatic nitrogens is 5. The van der Waals surface area contributed by atoms with Crippen LogP contribution in [0.25, 0.3) is 11.3 Å². The molecular weight excluding hydrogens is 434 g/mol. The van der Waals surface area contributed by atoms with E-state index < -0.39 is 11.0 Å². The first-order chi connectivity index (χ1) is 15.0. The van der Waals surface area contributed by atoms with Crippen molar-refractivity contribution in [3.8, 4) is 11.3 Å². The second-order valence-electron chi connectivity index (χ2n) is 8.25. The van der Waals surface area contributed by atoms with Gasteiger partial charge in [-0.2, -0.15) is 0 Å². The normalized spacial score (nSPS) is 11.3. The number of benzene rings is 1. The number of anilines is 1. The van der Waals surface area contributed by atoms with Crippen LogP contribution in [0.1, 0.15) is 32.3 Å². The van der Waals surface area contributed by atoms with Crippen molar-refractivity contribution in [3.05, 3.63) is 57.4 Å². The van der Waals surface area contributed by atoms with Gasteiger partial charge < -0.3 is 10.6 Å². The van der Waals surface area contributed by atoms with Gasteiger partial charge in [0.25, 0.3) is 5.56 Å². The molecule has 168 valence electrons. The van der Waals surface area contributed by atoms with Crippen molar-refractivity contribution in [2.75, 3.05) is 5.32 Å². The third-order valence-electron chi connectivity index (χ3n) is 4.62. The largest absolute Gasteiger partial charge is 0.349 e. The summed E-state index contributed by atoms with van der Waals surface area (Å²) < 4.78 is 1.27. The highest BCUT2D eigenvalue weighted by atomic mass is 35.5. The predicted molar refractivity (Wildman–Crippen MR) is 120 cm³/mol. The Kier molecular flexibility index (Phi) is 6.73. The van der Waals surface area contributed by atoms with Crippen LogP contribution in [0.3, 0.4) is 0 Å². The van der Waals surface area contributed by atoms with Crippen LogP contribution >= 0.6 is 11.6 Å². The van der Waals surface area contributed by atoms with Gasteiger partial charge >= 0.3 is 0 Å². The molecule has 0 saturated heterocycles. The third kappa shape index (κ3) is 5.58. The Morgan fingerprint density at radius 2 is 1.97 bits per heavy atom. The molecule has 2 aromatic heterocycles. The molecule has 0 spiro atoms. The van der Waals surface area contributed by atoms with Crippen LogP contribution in [0, 0.1) is 12.3 Å². The summed E-state index contributed by atoms with van der Waals surface area (Å²) in [5, 5.41) is 15.9. The number of hydrogen-bond acceptors (Lipinski definition) is 6. The standard InChI is InChI=1S/C21H24ClN7O3/c1-12-25-17(15-6-5-13(22)7-16(15)26-20(32)21(2,3)4)8-19(31)29(12)11-18(30)23-9-14-10-24-28-27-14/h5-8,10H,9,11H2,1-4H3,(H,23,30)(H,26,32)(H,24,27,28). The minimum atomic E-state index is -0.619. The van der Waals surface area contributed by atoms with Crippen LogP contribution in [0.5, 0.6) is 0 Å². The van der Waals surface area contributed by atoms with E-state index in [0.29, 0.717) is 33.5 Å². The van der Waals surface area contributed by atoms with Crippen LogP contribution in [-0.2, 0) is 22.7 Å². The molecule has 3 rings (SSSR count). The first kappa shape index (κ1) is 23.1. The van der Waals surface area contributed by atoms with E-state index in [2.05, 4.69) is 31.0 Å². The Hall–Kier alpha value is -3.53. The number of H-pyrrole nitrogens is 1. The van der Waals surface area contributed by atoms with Crippen molar-refractivity contribution in [3.63, 3.8) is 0 Å². The maximum Gasteiger partial charge on any atom is 0.254 e. The summed E-state index contributed by atoms with van der Waals surface area (Å²) in [6, 6.07) is 6.29. The molecule has 1 aromatic carbocycles. The van der Waals surface area contributed by atoms with Gasteiger partial charge in [-0.15, -0.1) is 5.10 Å². The molecule has 2 amide bonds. The maximum absolute atomic E-state index is 12.8. The smallest absolute Gasteiger partial charge is 0.254 e. The van der Waals surface area contributed by atoms with Gasteiger partial charge in [0, 0.05) is 28.3 Å². The number of aryl methyl sites for hydroxylation is 1. The molecule has 0 atom stereocenters. The van der Waals surface area contributed by atoms with Gasteiger partial charge in [-0.1, -0.05) is 37.6 Å². The molecule has 0 aliphatic heterocycles. The summed E-state index contributed by atoms with van der Waals surface area (Å²) in [6.07, 6.45) is 1.57. The third-order valence-corrected chi connectivity index (χ3v) is 4.86. The summed E-state index contributed by atoms with van der Waals surface area (Å²) in [4.78, 5) is 42.0. The Bertz CT molecular complexity index is 1200. The highest BCUT2D eigenvalue weighted by molar-refractivity contribution is 6.31. The minimum absolute atomic E-state index is 0.190. The summed E-state index contributed by atoms with van der Waals surface area (Å²) in [5.74, 6) is -0.209. The second-order valence-corrected chi connectivity index (χ2v) is 8.68. The Labute approximate surface area is 189 Å². The monoisotopic (exact) mass is 457 g/mol. The number of carbonyl (C=O) groups is 2. The number of amides is 2. The molecule has 11 heteroatoms. The van der Waals surface area contributed by atoms with Crippen molar-refractivity contribution in [1.29, 1.82) is 0 Å². The molecular formula is C21H24ClN7O3. The Balaban J connectivity index is 1.85. The average molecular weight is 458 g/mol. The zero-order valence-electron chi connectivity index (χ0n) is 18.2. The Morgan fingerprint density at radius 3 is 2.59 bits per heavy atom. The van der Waals surface area contributed by atoms with E-state index in [1.165, 1.54) is 10.6 Å². The number of rotatable bonds is 6. The highest BCUT2D eigenvalue weighted by Gasteiger charge is 2.23. The van der Waals surface area contributed by atoms with Crippen molar-refractivity contribution in [2.24, 2.45) is 5.41 Å². The van der Waals surface area contributed by atoms with Crippen LogP contribution in [0.2, 0.25) is 5.02 Å². The van der Waals surface area contributed by atoms with E-state index in [1.54, 1.807) is 52.1 Å². The van der Waals surface area contributed by atoms with Crippen LogP contribution < -0.4 is 16.2 Å². The number of carbonyl (C=O) groups excluding carboxylic acids is 2. The summed E-state index contributed by atoms with van der Waals surface area (Å²) in [5.41, 5.74) is 0.927. The topological polar surface area (TPSA) is 135 Å². The van der Waals surface area contributed by atoms with E-state index in [-0.39, 0.29) is 24.9 Å². The molecule has 0 aliphatic rings. The minimum Gasteiger partial charge on any atom is -0.349 e. The first-order valence-corrected chi connectivity index (χ1v) is 10.2. The Morgan fingerprint density at radius 1 is 1.22 bits per heavy atom. The highest BCUT2D eigenvalue weighted by Crippen LogP contribution is 2.30. The molecule has 3 aromatic rings. The second kappa shape index (κ2) is 9.31. The van der Waals surface area contributed by atoms with Crippen LogP contribution in [0.15, 0.2) is 35.3 Å². The molecule has 32 heavy (non-hydrogen) atoms. The summed E-state index contributed by atoms with van der Waals surface area (Å²) >= 11 is 6.12. The summed E-state index contributed by atoms with van der Waals surface area (Å²) in [7, 11) is 0. The molecule has 0 fully saturated rings. The zero-order chi connectivity index (χ0) is 23.5. The predicted octanol–water partition coefficient (Wildman–Crippen LogP) is 2.29. The lowest BCUT2D eigenvalue weighted by molar-refractivity contribution is -0.123. The molecule has 3 N–H and O–H groups in total. The summed E-state index contributed by atoms with van der Waals surface area (Å²) in [6.45, 7) is 7.02. The molecule has 0 bridgehead atoms. The fourth-order valence-electron chi connectivity index (χ4n) is 2.81. The van der Waals surface area contributed by atoms with Gasteiger partial charge in [-0.05, 0) is 25.1 Å². The van der Waals surface area contributed by atoms with E-state index in [4.69, 9.17) is 11.6 Å². The van der Waals surface area contributed by atoms with Crippen molar-refractivity contribution in [1.82, 2.24) is 30.3 Å². The SMILES string of the molecule is Cc1nc(-c2ccc(Cl)cc2NC(=O)C(C)(C)C)cc(=O)n1CC(=O)NCc1c[nH]nn1. The number of aromatic amines is 1. The number of nitrogens with zero attached hydrogens (tertiary/aromatic N) is 4. The van der Waals surface area contributed by atoms with E-state index >= 15 is 0 Å². The van der Waals surface area contributed by atoms with Crippen LogP contribution in [0.4, 0.5) is 5.69 Å². The van der Waals surface area contributed by atoms with Gasteiger partial charge in [0.1, 0.15) is 18.1 Å². The van der Waals surface area contributed by atoms with Gasteiger partial charge in [0.15, 0.2) is 0 Å². The van der Waals surface area contributed by atoms with Gasteiger partial charge in [-0.25, -0.2) is 4.98 Å². The average Bonchev–Trinajstić information content (AvgIpc) is 3.22. The fourth-order valence-corrected chi connectivity index (χ4v) is 2.98. The molecule has 0 unspecified atom stereocenters. The molecule has 0 saturated carbocycles. The zero-order valence-corrected chi connectivity index (χ0v) is 18.9. The van der Waals surface area contributed by atoms with E-state index in [0.717, 1.165) is 0 Å². The number of nitrogens with one attached hydrogen (secondary N) is 3. The molecule has 2 heterocycles. The first-order valence-electron chi connectivity index (χ1n) is 9.86. The number of halogens is 1. The van der Waals surface area contributed by atoms with Crippen molar-refractivity contribution in [2.45, 2.75) is 40.8 Å². The lowest BCUT2D eigenvalue weighted by atomic mass is 9.95. The maximum atomic E-state index is 12.8. The lowest BCUT2D eigenvalue weighted by Gasteiger charge is -2.20. The van der Waals surface area contributed by atoms with Gasteiger partial charge in [0.2, 0.25) is 11.8 Å². The molecule has 0 aliphatic carbocycles. The lowest BCUT2D eigenvalue weighted by Crippen LogP contribution is -2.33. The number of hydrogen-bond donors (Lipinski definition) is 3. The fraction of sp³-hybridized carbons (Fsp3) is 0.333. The molecule has 10 nitrogen and oxygen atoms in total. The van der Waals surface area contributed by atoms with E-state index in [9.17, 15) is 14.4 Å². The van der Waals surface area contributed by atoms with E-state index in [1.807, 2.05) is 0 Å². The van der Waals surface area contributed by atoms with Crippen molar-refractivity contribution < 1.29 is 9.59 Å². The van der Waals surface area contributed by atoms with Gasteiger partial charge in [0.05, 0.1) is 17.9 Å². The van der Waals surface area contributed by atoms with Gasteiger partial charge in [-0.3, -0.25) is 24.0 Å². The van der Waals surface area contributed by atoms with Crippen molar-refractivity contribution >= 4 is 29.1 Å².